The molecule has 0 bridgehead atoms. The fourth-order valence-electron chi connectivity index (χ4n) is 12.4. The summed E-state index contributed by atoms with van der Waals surface area (Å²) in [6, 6.07) is 14.3. The Labute approximate surface area is 550 Å². The van der Waals surface area contributed by atoms with Gasteiger partial charge in [0.1, 0.15) is 72.8 Å². The standard InChI is InChI=1S/C67H78N4O25/c1-31-19-43-59(81)70(65(87)91-29-35-11-14-37(15-12-35)93-63-53(77)49(73)51(75)55(95-63)61(83)84)41-24-47(33(3)21-38(41)57(79)68(43)27-31)89-17-9-8-10-18-90-48-25-42-39(22-34(48)4)58(80)69-28-32(2)20-44(69)60(82)71(42)66(88)92-30-36-13-16-46(40(23-36)45(72)26-67(5,6)7)94-64-54(78)50(74)52(76)56(96-64)62(85)86/h11-16,21-25,43-44,49-56,59-60,63-64,73-78,81-82H,1-2,8-10,17-20,26-30H2,3-7H3,(H,83,84)(H,85,86)/t43-,44-,49-,50-,51-,52-,53+,54+,55-,56-,59?,60?,63+,64+/m0/s1. The van der Waals surface area contributed by atoms with Crippen LogP contribution in [-0.4, -0.2) is 215 Å². The third-order valence-electron chi connectivity index (χ3n) is 17.4. The molecule has 6 heterocycles. The minimum atomic E-state index is -1.99. The number of carboxylic acids is 2. The van der Waals surface area contributed by atoms with Crippen LogP contribution in [0.4, 0.5) is 21.0 Å². The zero-order chi connectivity index (χ0) is 69.5. The van der Waals surface area contributed by atoms with Crippen molar-refractivity contribution in [2.75, 3.05) is 36.1 Å². The molecule has 10 rings (SSSR count). The van der Waals surface area contributed by atoms with Gasteiger partial charge in [0, 0.05) is 31.6 Å². The van der Waals surface area contributed by atoms with Crippen LogP contribution in [0.15, 0.2) is 91.0 Å². The number of nitrogens with zero attached hydrogens (tertiary/aromatic N) is 4. The van der Waals surface area contributed by atoms with Crippen LogP contribution in [0.3, 0.4) is 0 Å². The molecule has 14 atom stereocenters. The number of carbonyl (C=O) groups is 7. The Morgan fingerprint density at radius 3 is 1.44 bits per heavy atom. The van der Waals surface area contributed by atoms with E-state index < -0.39 is 140 Å². The summed E-state index contributed by atoms with van der Waals surface area (Å²) in [7, 11) is 0. The first-order valence-electron chi connectivity index (χ1n) is 31.1. The molecule has 4 saturated heterocycles. The number of ether oxygens (including phenoxy) is 8. The van der Waals surface area contributed by atoms with Gasteiger partial charge in [-0.15, -0.1) is 0 Å². The number of benzene rings is 4. The Bertz CT molecular complexity index is 3690. The van der Waals surface area contributed by atoms with Gasteiger partial charge in [-0.25, -0.2) is 29.0 Å². The number of hydrogen-bond donors (Lipinski definition) is 10. The predicted octanol–water partition coefficient (Wildman–Crippen LogP) is 3.58. The van der Waals surface area contributed by atoms with Crippen LogP contribution in [0, 0.1) is 19.3 Å². The molecule has 0 saturated carbocycles. The molecule has 516 valence electrons. The lowest BCUT2D eigenvalue weighted by atomic mass is 9.87. The normalized spacial score (nSPS) is 27.2. The highest BCUT2D eigenvalue weighted by Crippen LogP contribution is 2.42. The van der Waals surface area contributed by atoms with Gasteiger partial charge in [-0.3, -0.25) is 14.4 Å². The van der Waals surface area contributed by atoms with Gasteiger partial charge < -0.3 is 98.8 Å². The molecule has 4 fully saturated rings. The fraction of sp³-hybridized carbons (Fsp3) is 0.478. The molecule has 0 aromatic heterocycles. The lowest BCUT2D eigenvalue weighted by molar-refractivity contribution is -0.271. The zero-order valence-electron chi connectivity index (χ0n) is 53.2. The molecule has 4 aromatic rings. The number of Topliss-reactive ketones (excluding diaryl/α,β-unsaturated/α-hetero) is 1. The molecule has 4 amide bonds. The first kappa shape index (κ1) is 70.1. The lowest BCUT2D eigenvalue weighted by Gasteiger charge is -2.38. The number of hydrogen-bond acceptors (Lipinski definition) is 23. The highest BCUT2D eigenvalue weighted by atomic mass is 16.7. The number of aryl methyl sites for hydroxylation is 2. The Morgan fingerprint density at radius 2 is 0.990 bits per heavy atom. The fourth-order valence-corrected chi connectivity index (χ4v) is 12.4. The van der Waals surface area contributed by atoms with E-state index in [1.807, 2.05) is 20.8 Å². The third-order valence-corrected chi connectivity index (χ3v) is 17.4. The van der Waals surface area contributed by atoms with Crippen molar-refractivity contribution in [2.45, 2.75) is 172 Å². The zero-order valence-corrected chi connectivity index (χ0v) is 53.2. The molecular formula is C67H78N4O25. The average molecular weight is 1340 g/mol. The van der Waals surface area contributed by atoms with E-state index >= 15 is 0 Å². The van der Waals surface area contributed by atoms with E-state index in [1.54, 1.807) is 26.0 Å². The van der Waals surface area contributed by atoms with Crippen molar-refractivity contribution in [1.82, 2.24) is 9.80 Å². The van der Waals surface area contributed by atoms with Crippen molar-refractivity contribution in [3.05, 3.63) is 130 Å². The number of fused-ring (bicyclic) bond motifs is 4. The van der Waals surface area contributed by atoms with E-state index in [9.17, 15) is 84.6 Å². The van der Waals surface area contributed by atoms with Crippen LogP contribution in [0.25, 0.3) is 0 Å². The summed E-state index contributed by atoms with van der Waals surface area (Å²) in [6.45, 7) is 16.7. The van der Waals surface area contributed by atoms with Gasteiger partial charge >= 0.3 is 24.1 Å². The van der Waals surface area contributed by atoms with Crippen molar-refractivity contribution in [3.8, 4) is 23.0 Å². The van der Waals surface area contributed by atoms with Gasteiger partial charge in [0.05, 0.1) is 53.4 Å². The van der Waals surface area contributed by atoms with E-state index in [-0.39, 0.29) is 97.3 Å². The highest BCUT2D eigenvalue weighted by Gasteiger charge is 2.52. The number of aliphatic carboxylic acids is 2. The molecule has 29 heteroatoms. The van der Waals surface area contributed by atoms with Crippen molar-refractivity contribution in [1.29, 1.82) is 0 Å². The van der Waals surface area contributed by atoms with E-state index in [2.05, 4.69) is 13.2 Å². The molecule has 29 nitrogen and oxygen atoms in total. The Balaban J connectivity index is 0.789. The lowest BCUT2D eigenvalue weighted by Crippen LogP contribution is -2.61. The Hall–Kier alpha value is -8.75. The second-order valence-corrected chi connectivity index (χ2v) is 26.0. The number of amides is 4. The summed E-state index contributed by atoms with van der Waals surface area (Å²) >= 11 is 0. The summed E-state index contributed by atoms with van der Waals surface area (Å²) in [6.07, 6.45) is -22.3. The maximum atomic E-state index is 14.5. The largest absolute Gasteiger partial charge is 0.493 e. The highest BCUT2D eigenvalue weighted by molar-refractivity contribution is 6.07. The summed E-state index contributed by atoms with van der Waals surface area (Å²) in [4.78, 5) is 99.3. The quantitative estimate of drug-likeness (QED) is 0.0343. The first-order chi connectivity index (χ1) is 45.4. The third kappa shape index (κ3) is 14.6. The minimum absolute atomic E-state index is 0.00495. The van der Waals surface area contributed by atoms with Gasteiger partial charge in [-0.1, -0.05) is 63.3 Å². The van der Waals surface area contributed by atoms with Crippen LogP contribution in [-0.2, 0) is 41.8 Å². The van der Waals surface area contributed by atoms with Gasteiger partial charge in [0.2, 0.25) is 12.6 Å². The van der Waals surface area contributed by atoms with Crippen molar-refractivity contribution in [2.24, 2.45) is 5.41 Å². The second-order valence-electron chi connectivity index (χ2n) is 26.0. The number of carbonyl (C=O) groups excluding carboxylic acids is 5. The molecule has 0 spiro atoms. The average Bonchev–Trinajstić information content (AvgIpc) is 1.59. The molecular weight excluding hydrogens is 1260 g/mol. The van der Waals surface area contributed by atoms with Crippen molar-refractivity contribution < 1.29 is 123 Å². The van der Waals surface area contributed by atoms with Crippen molar-refractivity contribution >= 4 is 53.1 Å². The number of rotatable bonds is 20. The Kier molecular flexibility index (Phi) is 20.8. The first-order valence-corrected chi connectivity index (χ1v) is 31.1. The number of unbranched alkanes of at least 4 members (excludes halogenated alkanes) is 2. The van der Waals surface area contributed by atoms with Crippen LogP contribution >= 0.6 is 0 Å². The molecule has 6 aliphatic rings. The number of anilines is 2. The second kappa shape index (κ2) is 28.5. The monoisotopic (exact) mass is 1340 g/mol. The maximum absolute atomic E-state index is 14.5. The van der Waals surface area contributed by atoms with Crippen LogP contribution in [0.2, 0.25) is 0 Å². The molecule has 10 N–H and O–H groups in total. The molecule has 4 aromatic carbocycles. The summed E-state index contributed by atoms with van der Waals surface area (Å²) < 4.78 is 46.0. The van der Waals surface area contributed by atoms with E-state index in [4.69, 9.17) is 37.9 Å². The van der Waals surface area contributed by atoms with Gasteiger partial charge in [-0.05, 0) is 110 Å². The smallest absolute Gasteiger partial charge is 0.416 e. The van der Waals surface area contributed by atoms with Gasteiger partial charge in [0.15, 0.2) is 30.4 Å². The Morgan fingerprint density at radius 1 is 0.552 bits per heavy atom. The van der Waals surface area contributed by atoms with Crippen molar-refractivity contribution in [3.63, 3.8) is 0 Å². The number of aliphatic hydroxyl groups is 8. The van der Waals surface area contributed by atoms with E-state index in [0.29, 0.717) is 58.6 Å². The summed E-state index contributed by atoms with van der Waals surface area (Å²) in [5.74, 6) is -4.10. The number of carboxylic acid groups (broad SMARTS) is 2. The molecule has 6 aliphatic heterocycles. The topological polar surface area (TPSA) is 409 Å². The molecule has 96 heavy (non-hydrogen) atoms. The maximum Gasteiger partial charge on any atom is 0.416 e. The minimum Gasteiger partial charge on any atom is -0.493 e. The predicted molar refractivity (Wildman–Crippen MR) is 333 cm³/mol. The van der Waals surface area contributed by atoms with Gasteiger partial charge in [0.25, 0.3) is 11.8 Å². The van der Waals surface area contributed by atoms with E-state index in [0.717, 1.165) is 9.80 Å². The summed E-state index contributed by atoms with van der Waals surface area (Å²) in [5.41, 5.74) is 2.69. The number of ketones is 1. The SMILES string of the molecule is C=C1C[C@H]2C(O)N(C(=O)OCc3ccc(O[C@@H]4O[C@H](C(=O)O)[C@@H](O)[C@H](O)[C@H]4O)cc3)c3cc(OCCCCCOc4cc5c(cc4C)C(=O)N4CC(=C)C[C@H]4C(O)N5C(=O)OCc4ccc(O[C@@H]5O[C@H](C(=O)O)[C@@H](O)[C@H](O)[C@H]5O)c(C(=O)CC(C)(C)C)c4)c(C)cc3C(=O)N2C1. The van der Waals surface area contributed by atoms with Gasteiger partial charge in [-0.2, -0.15) is 0 Å². The number of aliphatic hydroxyl groups excluding tert-OH is 8. The molecule has 2 unspecified atom stereocenters. The van der Waals surface area contributed by atoms with E-state index in [1.165, 1.54) is 64.4 Å². The molecule has 0 radical (unpaired) electrons. The molecule has 0 aliphatic carbocycles. The van der Waals surface area contributed by atoms with Crippen LogP contribution in [0.1, 0.15) is 113 Å². The summed E-state index contributed by atoms with van der Waals surface area (Å²) in [5, 5.41) is 105. The van der Waals surface area contributed by atoms with Crippen LogP contribution in [0.5, 0.6) is 23.0 Å². The van der Waals surface area contributed by atoms with Crippen LogP contribution < -0.4 is 28.7 Å².